The molecular formula is C14H22BrN3O. The third kappa shape index (κ3) is 4.13. The molecule has 0 aliphatic rings. The maximum Gasteiger partial charge on any atom is 0.144 e. The number of oxime groups is 1. The van der Waals surface area contributed by atoms with Crippen LogP contribution >= 0.6 is 15.9 Å². The zero-order chi connectivity index (χ0) is 14.6. The molecule has 0 heterocycles. The minimum atomic E-state index is -0.318. The van der Waals surface area contributed by atoms with Crippen LogP contribution in [-0.2, 0) is 0 Å². The molecule has 0 aliphatic heterocycles. The van der Waals surface area contributed by atoms with Gasteiger partial charge in [0.25, 0.3) is 0 Å². The van der Waals surface area contributed by atoms with E-state index in [1.165, 1.54) is 11.1 Å². The summed E-state index contributed by atoms with van der Waals surface area (Å²) in [6.45, 7) is 8.83. The lowest BCUT2D eigenvalue weighted by Crippen LogP contribution is -2.33. The number of aryl methyl sites for hydroxylation is 2. The molecule has 5 heteroatoms. The molecular weight excluding hydrogens is 306 g/mol. The van der Waals surface area contributed by atoms with E-state index >= 15 is 0 Å². The number of amidine groups is 1. The van der Waals surface area contributed by atoms with Crippen molar-refractivity contribution in [2.24, 2.45) is 16.3 Å². The van der Waals surface area contributed by atoms with Crippen molar-refractivity contribution in [1.29, 1.82) is 0 Å². The highest BCUT2D eigenvalue weighted by molar-refractivity contribution is 9.10. The van der Waals surface area contributed by atoms with Gasteiger partial charge in [0.2, 0.25) is 0 Å². The number of hydrogen-bond donors (Lipinski definition) is 3. The van der Waals surface area contributed by atoms with Gasteiger partial charge in [-0.3, -0.25) is 0 Å². The van der Waals surface area contributed by atoms with Crippen LogP contribution in [0.4, 0.5) is 5.69 Å². The predicted octanol–water partition coefficient (Wildman–Crippen LogP) is 3.64. The predicted molar refractivity (Wildman–Crippen MR) is 83.9 cm³/mol. The fourth-order valence-corrected chi connectivity index (χ4v) is 2.06. The molecule has 0 saturated carbocycles. The Balaban J connectivity index is 2.64. The lowest BCUT2D eigenvalue weighted by Gasteiger charge is -2.23. The van der Waals surface area contributed by atoms with E-state index in [9.17, 15) is 0 Å². The molecule has 0 aromatic heterocycles. The molecule has 0 fully saturated rings. The van der Waals surface area contributed by atoms with Crippen LogP contribution in [0.25, 0.3) is 0 Å². The minimum Gasteiger partial charge on any atom is -0.409 e. The number of nitrogens with two attached hydrogens (primary N) is 1. The molecule has 1 rings (SSSR count). The zero-order valence-corrected chi connectivity index (χ0v) is 13.5. The fourth-order valence-electron chi connectivity index (χ4n) is 1.83. The molecule has 0 bridgehead atoms. The lowest BCUT2D eigenvalue weighted by molar-refractivity contribution is 0.306. The maximum absolute atomic E-state index is 8.73. The van der Waals surface area contributed by atoms with E-state index in [4.69, 9.17) is 10.9 Å². The summed E-state index contributed by atoms with van der Waals surface area (Å²) < 4.78 is 1.15. The van der Waals surface area contributed by atoms with Crippen molar-refractivity contribution >= 4 is 27.5 Å². The second-order valence-corrected chi connectivity index (χ2v) is 6.26. The summed E-state index contributed by atoms with van der Waals surface area (Å²) >= 11 is 3.55. The molecule has 4 N–H and O–H groups in total. The Morgan fingerprint density at radius 2 is 1.89 bits per heavy atom. The van der Waals surface area contributed by atoms with Crippen LogP contribution in [0.5, 0.6) is 0 Å². The number of halogens is 1. The van der Waals surface area contributed by atoms with Crippen molar-refractivity contribution < 1.29 is 5.21 Å². The van der Waals surface area contributed by atoms with Gasteiger partial charge < -0.3 is 16.3 Å². The van der Waals surface area contributed by atoms with Crippen molar-refractivity contribution in [3.63, 3.8) is 0 Å². The Bertz CT molecular complexity index is 461. The highest BCUT2D eigenvalue weighted by Gasteiger charge is 2.22. The van der Waals surface area contributed by atoms with Gasteiger partial charge in [0, 0.05) is 22.1 Å². The average Bonchev–Trinajstić information content (AvgIpc) is 2.34. The Hall–Kier alpha value is -1.23. The third-order valence-corrected chi connectivity index (χ3v) is 4.57. The first-order chi connectivity index (χ1) is 8.77. The van der Waals surface area contributed by atoms with Crippen LogP contribution in [0.15, 0.2) is 21.8 Å². The zero-order valence-electron chi connectivity index (χ0n) is 11.9. The molecule has 0 spiro atoms. The maximum atomic E-state index is 8.73. The third-order valence-electron chi connectivity index (χ3n) is 3.32. The second-order valence-electron chi connectivity index (χ2n) is 5.47. The SMILES string of the molecule is Cc1cc(NCCC(C)(C)/C(N)=N/O)cc(C)c1Br. The van der Waals surface area contributed by atoms with Gasteiger partial charge in [-0.15, -0.1) is 0 Å². The van der Waals surface area contributed by atoms with Crippen LogP contribution < -0.4 is 11.1 Å². The van der Waals surface area contributed by atoms with Gasteiger partial charge >= 0.3 is 0 Å². The number of nitrogens with one attached hydrogen (secondary N) is 1. The highest BCUT2D eigenvalue weighted by atomic mass is 79.9. The fraction of sp³-hybridized carbons (Fsp3) is 0.500. The first-order valence-electron chi connectivity index (χ1n) is 6.26. The van der Waals surface area contributed by atoms with Gasteiger partial charge in [-0.25, -0.2) is 0 Å². The first kappa shape index (κ1) is 15.8. The normalized spacial score (nSPS) is 12.6. The summed E-state index contributed by atoms with van der Waals surface area (Å²) in [6.07, 6.45) is 0.789. The molecule has 0 amide bonds. The number of hydrogen-bond acceptors (Lipinski definition) is 3. The van der Waals surface area contributed by atoms with Crippen LogP contribution in [-0.4, -0.2) is 17.6 Å². The monoisotopic (exact) mass is 327 g/mol. The summed E-state index contributed by atoms with van der Waals surface area (Å²) in [4.78, 5) is 0. The van der Waals surface area contributed by atoms with Crippen LogP contribution in [0.1, 0.15) is 31.4 Å². The Kier molecular flexibility index (Phi) is 5.23. The van der Waals surface area contributed by atoms with E-state index in [2.05, 4.69) is 52.4 Å². The van der Waals surface area contributed by atoms with E-state index in [-0.39, 0.29) is 11.3 Å². The molecule has 0 atom stereocenters. The highest BCUT2D eigenvalue weighted by Crippen LogP contribution is 2.26. The summed E-state index contributed by atoms with van der Waals surface area (Å²) in [6, 6.07) is 4.21. The molecule has 19 heavy (non-hydrogen) atoms. The average molecular weight is 328 g/mol. The van der Waals surface area contributed by atoms with Crippen molar-refractivity contribution in [3.05, 3.63) is 27.7 Å². The molecule has 0 radical (unpaired) electrons. The minimum absolute atomic E-state index is 0.262. The van der Waals surface area contributed by atoms with Crippen molar-refractivity contribution in [3.8, 4) is 0 Å². The Morgan fingerprint density at radius 1 is 1.37 bits per heavy atom. The van der Waals surface area contributed by atoms with Gasteiger partial charge in [-0.1, -0.05) is 34.9 Å². The summed E-state index contributed by atoms with van der Waals surface area (Å²) in [5.41, 5.74) is 8.85. The standard InChI is InChI=1S/C14H22BrN3O/c1-9-7-11(8-10(2)12(9)15)17-6-5-14(3,4)13(16)18-19/h7-8,17,19H,5-6H2,1-4H3,(H2,16,18). The molecule has 1 aromatic rings. The molecule has 4 nitrogen and oxygen atoms in total. The molecule has 0 saturated heterocycles. The first-order valence-corrected chi connectivity index (χ1v) is 7.06. The van der Waals surface area contributed by atoms with Gasteiger partial charge in [0.05, 0.1) is 0 Å². The van der Waals surface area contributed by atoms with E-state index in [0.717, 1.165) is 23.1 Å². The molecule has 0 aliphatic carbocycles. The number of benzene rings is 1. The van der Waals surface area contributed by atoms with Gasteiger partial charge in [-0.2, -0.15) is 0 Å². The lowest BCUT2D eigenvalue weighted by atomic mass is 9.88. The van der Waals surface area contributed by atoms with Gasteiger partial charge in [0.15, 0.2) is 0 Å². The van der Waals surface area contributed by atoms with Crippen molar-refractivity contribution in [1.82, 2.24) is 0 Å². The van der Waals surface area contributed by atoms with E-state index in [1.54, 1.807) is 0 Å². The smallest absolute Gasteiger partial charge is 0.144 e. The Labute approximate surface area is 123 Å². The molecule has 1 aromatic carbocycles. The molecule has 106 valence electrons. The summed E-state index contributed by atoms with van der Waals surface area (Å²) in [5, 5.41) is 15.2. The van der Waals surface area contributed by atoms with Crippen LogP contribution in [0.3, 0.4) is 0 Å². The molecule has 0 unspecified atom stereocenters. The second kappa shape index (κ2) is 6.28. The van der Waals surface area contributed by atoms with Crippen LogP contribution in [0, 0.1) is 19.3 Å². The summed E-state index contributed by atoms with van der Waals surface area (Å²) in [7, 11) is 0. The van der Waals surface area contributed by atoms with Crippen molar-refractivity contribution in [2.45, 2.75) is 34.1 Å². The topological polar surface area (TPSA) is 70.6 Å². The van der Waals surface area contributed by atoms with Gasteiger partial charge in [0.1, 0.15) is 5.84 Å². The van der Waals surface area contributed by atoms with E-state index in [1.807, 2.05) is 13.8 Å². The largest absolute Gasteiger partial charge is 0.409 e. The number of anilines is 1. The van der Waals surface area contributed by atoms with E-state index in [0.29, 0.717) is 0 Å². The summed E-state index contributed by atoms with van der Waals surface area (Å²) in [5.74, 6) is 0.262. The number of nitrogens with zero attached hydrogens (tertiary/aromatic N) is 1. The van der Waals surface area contributed by atoms with Crippen molar-refractivity contribution in [2.75, 3.05) is 11.9 Å². The quantitative estimate of drug-likeness (QED) is 0.334. The van der Waals surface area contributed by atoms with Gasteiger partial charge in [-0.05, 0) is 43.5 Å². The number of rotatable bonds is 5. The van der Waals surface area contributed by atoms with Crippen LogP contribution in [0.2, 0.25) is 0 Å². The van der Waals surface area contributed by atoms with E-state index < -0.39 is 0 Å². The Morgan fingerprint density at radius 3 is 2.37 bits per heavy atom.